The summed E-state index contributed by atoms with van der Waals surface area (Å²) in [7, 11) is 0. The Bertz CT molecular complexity index is 449. The van der Waals surface area contributed by atoms with Gasteiger partial charge in [0.05, 0.1) is 12.6 Å². The molecule has 0 saturated carbocycles. The third-order valence-electron chi connectivity index (χ3n) is 3.27. The van der Waals surface area contributed by atoms with Crippen LogP contribution < -0.4 is 5.32 Å². The summed E-state index contributed by atoms with van der Waals surface area (Å²) in [4.78, 5) is 22.7. The van der Waals surface area contributed by atoms with E-state index in [1.807, 2.05) is 0 Å². The number of nitrogens with one attached hydrogen (secondary N) is 1. The van der Waals surface area contributed by atoms with Gasteiger partial charge in [0, 0.05) is 5.92 Å². The minimum absolute atomic E-state index is 0.419. The fourth-order valence-corrected chi connectivity index (χ4v) is 1.94. The predicted octanol–water partition coefficient (Wildman–Crippen LogP) is -2.43. The molecule has 0 aromatic rings. The molecule has 0 radical (unpaired) electrons. The second-order valence-electron chi connectivity index (χ2n) is 5.34. The summed E-state index contributed by atoms with van der Waals surface area (Å²) in [6.45, 7) is 2.42. The van der Waals surface area contributed by atoms with Crippen molar-refractivity contribution in [1.82, 2.24) is 5.32 Å². The molecule has 1 aliphatic heterocycles. The van der Waals surface area contributed by atoms with Crippen LogP contribution >= 0.6 is 0 Å². The third kappa shape index (κ3) is 4.17. The van der Waals surface area contributed by atoms with Crippen LogP contribution in [-0.4, -0.2) is 74.5 Å². The highest BCUT2D eigenvalue weighted by Gasteiger charge is 2.43. The molecule has 0 saturated heterocycles. The molecular formula is C13H21NO8. The van der Waals surface area contributed by atoms with E-state index >= 15 is 0 Å². The van der Waals surface area contributed by atoms with E-state index in [1.54, 1.807) is 13.8 Å². The first-order valence-corrected chi connectivity index (χ1v) is 6.76. The summed E-state index contributed by atoms with van der Waals surface area (Å²) in [5.74, 6) is -2.95. The van der Waals surface area contributed by atoms with E-state index in [2.05, 4.69) is 5.32 Å². The van der Waals surface area contributed by atoms with Crippen LogP contribution in [0.5, 0.6) is 0 Å². The smallest absolute Gasteiger partial charge is 0.370 e. The summed E-state index contributed by atoms with van der Waals surface area (Å²) in [6, 6.07) is -1.17. The number of amides is 1. The second-order valence-corrected chi connectivity index (χ2v) is 5.34. The Morgan fingerprint density at radius 2 is 1.95 bits per heavy atom. The first kappa shape index (κ1) is 18.4. The van der Waals surface area contributed by atoms with Gasteiger partial charge >= 0.3 is 5.97 Å². The molecule has 0 bridgehead atoms. The van der Waals surface area contributed by atoms with Crippen molar-refractivity contribution in [3.05, 3.63) is 11.8 Å². The molecule has 9 heteroatoms. The molecule has 0 aromatic carbocycles. The summed E-state index contributed by atoms with van der Waals surface area (Å²) in [5, 5.41) is 49.7. The van der Waals surface area contributed by atoms with Crippen LogP contribution in [0.4, 0.5) is 0 Å². The largest absolute Gasteiger partial charge is 0.478 e. The summed E-state index contributed by atoms with van der Waals surface area (Å²) in [6.07, 6.45) is -5.31. The van der Waals surface area contributed by atoms with E-state index in [0.717, 1.165) is 6.08 Å². The van der Waals surface area contributed by atoms with Crippen LogP contribution in [0.3, 0.4) is 0 Å². The first-order chi connectivity index (χ1) is 10.2. The topological polar surface area (TPSA) is 157 Å². The fourth-order valence-electron chi connectivity index (χ4n) is 1.94. The number of rotatable bonds is 6. The van der Waals surface area contributed by atoms with E-state index in [1.165, 1.54) is 0 Å². The zero-order valence-electron chi connectivity index (χ0n) is 12.2. The number of hydrogen-bond donors (Lipinski definition) is 6. The van der Waals surface area contributed by atoms with Crippen molar-refractivity contribution in [2.75, 3.05) is 6.61 Å². The van der Waals surface area contributed by atoms with Crippen molar-refractivity contribution in [2.45, 2.75) is 44.3 Å². The lowest BCUT2D eigenvalue weighted by Crippen LogP contribution is -2.60. The van der Waals surface area contributed by atoms with Gasteiger partial charge in [-0.2, -0.15) is 0 Å². The van der Waals surface area contributed by atoms with Crippen LogP contribution in [-0.2, 0) is 14.3 Å². The number of aliphatic carboxylic acids is 1. The molecule has 0 aromatic heterocycles. The molecule has 22 heavy (non-hydrogen) atoms. The van der Waals surface area contributed by atoms with Crippen LogP contribution in [0.2, 0.25) is 0 Å². The molecule has 1 heterocycles. The zero-order valence-corrected chi connectivity index (χ0v) is 12.2. The Morgan fingerprint density at radius 3 is 2.41 bits per heavy atom. The highest BCUT2D eigenvalue weighted by Crippen LogP contribution is 2.23. The van der Waals surface area contributed by atoms with Crippen molar-refractivity contribution >= 4 is 11.9 Å². The van der Waals surface area contributed by atoms with E-state index in [9.17, 15) is 24.9 Å². The average Bonchev–Trinajstić information content (AvgIpc) is 2.46. The number of aliphatic hydroxyl groups excluding tert-OH is 4. The normalized spacial score (nSPS) is 27.6. The Balaban J connectivity index is 3.06. The first-order valence-electron chi connectivity index (χ1n) is 6.76. The maximum Gasteiger partial charge on any atom is 0.370 e. The van der Waals surface area contributed by atoms with Gasteiger partial charge in [0.2, 0.25) is 11.7 Å². The second kappa shape index (κ2) is 7.54. The van der Waals surface area contributed by atoms with Gasteiger partial charge in [0.25, 0.3) is 0 Å². The van der Waals surface area contributed by atoms with Gasteiger partial charge in [0.1, 0.15) is 18.3 Å². The van der Waals surface area contributed by atoms with Gasteiger partial charge < -0.3 is 35.6 Å². The Labute approximate surface area is 126 Å². The minimum atomic E-state index is -1.71. The lowest BCUT2D eigenvalue weighted by molar-refractivity contribution is -0.150. The molecular weight excluding hydrogens is 298 g/mol. The Kier molecular flexibility index (Phi) is 6.30. The summed E-state index contributed by atoms with van der Waals surface area (Å²) >= 11 is 0. The zero-order chi connectivity index (χ0) is 17.0. The van der Waals surface area contributed by atoms with Crippen molar-refractivity contribution < 1.29 is 39.9 Å². The number of carbonyl (C=O) groups excluding carboxylic acids is 1. The highest BCUT2D eigenvalue weighted by molar-refractivity contribution is 5.85. The molecule has 0 fully saturated rings. The monoisotopic (exact) mass is 319 g/mol. The van der Waals surface area contributed by atoms with Crippen molar-refractivity contribution in [3.63, 3.8) is 0 Å². The molecule has 0 spiro atoms. The lowest BCUT2D eigenvalue weighted by atomic mass is 9.93. The molecule has 0 aliphatic carbocycles. The molecule has 1 aliphatic rings. The molecule has 6 N–H and O–H groups in total. The van der Waals surface area contributed by atoms with Gasteiger partial charge in [0.15, 0.2) is 6.10 Å². The number of ether oxygens (including phenoxy) is 1. The van der Waals surface area contributed by atoms with Gasteiger partial charge in [-0.1, -0.05) is 13.8 Å². The van der Waals surface area contributed by atoms with Gasteiger partial charge in [-0.05, 0) is 6.08 Å². The molecule has 1 amide bonds. The van der Waals surface area contributed by atoms with Gasteiger partial charge in [-0.3, -0.25) is 4.79 Å². The van der Waals surface area contributed by atoms with E-state index in [-0.39, 0.29) is 0 Å². The molecule has 9 nitrogen and oxygen atoms in total. The molecule has 1 rings (SSSR count). The molecule has 5 atom stereocenters. The fraction of sp³-hybridized carbons (Fsp3) is 0.692. The number of carboxylic acids is 1. The maximum atomic E-state index is 11.8. The van der Waals surface area contributed by atoms with E-state index in [0.29, 0.717) is 0 Å². The standard InChI is InChI=1S/C13H21NO8/c1-5(2)12(19)14-9-6(16)3-8(13(20)21)22-11(9)10(18)7(17)4-15/h3,5-7,9-11,15-18H,4H2,1-2H3,(H,14,19)(H,20,21)/t6-,7?,9+,10+,11+/m0/s1. The SMILES string of the molecule is CC(C)C(=O)N[C@H]1[C@H]([C@H](O)C(O)CO)OC(C(=O)O)=C[C@@H]1O. The van der Waals surface area contributed by atoms with Gasteiger partial charge in [-0.15, -0.1) is 0 Å². The van der Waals surface area contributed by atoms with E-state index in [4.69, 9.17) is 14.9 Å². The van der Waals surface area contributed by atoms with Crippen molar-refractivity contribution in [3.8, 4) is 0 Å². The van der Waals surface area contributed by atoms with Crippen LogP contribution in [0.15, 0.2) is 11.8 Å². The number of aliphatic hydroxyl groups is 4. The van der Waals surface area contributed by atoms with Crippen molar-refractivity contribution in [1.29, 1.82) is 0 Å². The minimum Gasteiger partial charge on any atom is -0.478 e. The summed E-state index contributed by atoms with van der Waals surface area (Å²) < 4.78 is 5.06. The maximum absolute atomic E-state index is 11.8. The average molecular weight is 319 g/mol. The van der Waals surface area contributed by atoms with Crippen molar-refractivity contribution in [2.24, 2.45) is 5.92 Å². The third-order valence-corrected chi connectivity index (χ3v) is 3.27. The quantitative estimate of drug-likeness (QED) is 0.315. The summed E-state index contributed by atoms with van der Waals surface area (Å²) in [5.41, 5.74) is 0. The molecule has 126 valence electrons. The van der Waals surface area contributed by atoms with Gasteiger partial charge in [-0.25, -0.2) is 4.79 Å². The predicted molar refractivity (Wildman–Crippen MR) is 72.5 cm³/mol. The molecule has 1 unspecified atom stereocenters. The van der Waals surface area contributed by atoms with Crippen LogP contribution in [0.1, 0.15) is 13.8 Å². The van der Waals surface area contributed by atoms with E-state index < -0.39 is 60.6 Å². The van der Waals surface area contributed by atoms with Crippen LogP contribution in [0, 0.1) is 5.92 Å². The lowest BCUT2D eigenvalue weighted by Gasteiger charge is -2.38. The number of hydrogen-bond acceptors (Lipinski definition) is 7. The Morgan fingerprint density at radius 1 is 1.36 bits per heavy atom. The number of carboxylic acid groups (broad SMARTS) is 1. The Hall–Kier alpha value is -1.68. The number of carbonyl (C=O) groups is 2. The van der Waals surface area contributed by atoms with Crippen LogP contribution in [0.25, 0.3) is 0 Å². The highest BCUT2D eigenvalue weighted by atomic mass is 16.5.